The number of carbonyl (C=O) groups excluding carboxylic acids is 1. The Hall–Kier alpha value is -2.62. The van der Waals surface area contributed by atoms with E-state index >= 15 is 0 Å². The molecule has 0 atom stereocenters. The van der Waals surface area contributed by atoms with Crippen molar-refractivity contribution in [2.75, 3.05) is 5.32 Å². The molecule has 4 heteroatoms. The highest BCUT2D eigenvalue weighted by molar-refractivity contribution is 5.92. The lowest BCUT2D eigenvalue weighted by Crippen LogP contribution is -2.18. The number of benzene rings is 2. The van der Waals surface area contributed by atoms with Gasteiger partial charge in [-0.3, -0.25) is 4.79 Å². The first-order valence-corrected chi connectivity index (χ1v) is 7.15. The maximum absolute atomic E-state index is 13.2. The standard InChI is InChI=1S/C18H17FN2O/c1-12-4-3-5-16(13(12)2)20-18(22)11-21-9-8-14-10-15(19)6-7-17(14)21/h3-10H,11H2,1-2H3,(H,20,22). The van der Waals surface area contributed by atoms with Crippen LogP contribution in [0.3, 0.4) is 0 Å². The average Bonchev–Trinajstić information content (AvgIpc) is 2.86. The molecule has 0 radical (unpaired) electrons. The molecule has 1 heterocycles. The number of hydrogen-bond donors (Lipinski definition) is 1. The zero-order valence-corrected chi connectivity index (χ0v) is 12.6. The number of nitrogens with zero attached hydrogens (tertiary/aromatic N) is 1. The number of aryl methyl sites for hydroxylation is 1. The fraction of sp³-hybridized carbons (Fsp3) is 0.167. The molecule has 0 aliphatic heterocycles. The van der Waals surface area contributed by atoms with Crippen molar-refractivity contribution in [1.29, 1.82) is 0 Å². The van der Waals surface area contributed by atoms with Crippen LogP contribution in [-0.4, -0.2) is 10.5 Å². The first kappa shape index (κ1) is 14.3. The predicted octanol–water partition coefficient (Wildman–Crippen LogP) is 4.04. The Kier molecular flexibility index (Phi) is 3.67. The molecule has 2 aromatic carbocycles. The molecule has 3 nitrogen and oxygen atoms in total. The molecule has 1 aromatic heterocycles. The number of hydrogen-bond acceptors (Lipinski definition) is 1. The SMILES string of the molecule is Cc1cccc(NC(=O)Cn2ccc3cc(F)ccc32)c1C. The molecule has 0 unspecified atom stereocenters. The lowest BCUT2D eigenvalue weighted by atomic mass is 10.1. The maximum atomic E-state index is 13.2. The second-order valence-electron chi connectivity index (χ2n) is 5.44. The van der Waals surface area contributed by atoms with Gasteiger partial charge in [-0.2, -0.15) is 0 Å². The van der Waals surface area contributed by atoms with E-state index in [1.54, 1.807) is 12.3 Å². The normalized spacial score (nSPS) is 10.9. The summed E-state index contributed by atoms with van der Waals surface area (Å²) in [5, 5.41) is 3.72. The Balaban J connectivity index is 1.80. The molecule has 0 aliphatic carbocycles. The van der Waals surface area contributed by atoms with Crippen molar-refractivity contribution >= 4 is 22.5 Å². The van der Waals surface area contributed by atoms with Crippen LogP contribution in [0.5, 0.6) is 0 Å². The van der Waals surface area contributed by atoms with Gasteiger partial charge in [0.1, 0.15) is 12.4 Å². The van der Waals surface area contributed by atoms with Gasteiger partial charge in [-0.15, -0.1) is 0 Å². The summed E-state index contributed by atoms with van der Waals surface area (Å²) in [5.74, 6) is -0.374. The van der Waals surface area contributed by atoms with E-state index in [0.717, 1.165) is 27.7 Å². The number of fused-ring (bicyclic) bond motifs is 1. The van der Waals surface area contributed by atoms with Crippen LogP contribution in [0, 0.1) is 19.7 Å². The van der Waals surface area contributed by atoms with Crippen LogP contribution in [0.15, 0.2) is 48.7 Å². The van der Waals surface area contributed by atoms with E-state index in [1.807, 2.05) is 42.7 Å². The minimum atomic E-state index is -0.273. The zero-order valence-electron chi connectivity index (χ0n) is 12.6. The summed E-state index contributed by atoms with van der Waals surface area (Å²) in [4.78, 5) is 12.2. The molecule has 22 heavy (non-hydrogen) atoms. The molecule has 1 N–H and O–H groups in total. The van der Waals surface area contributed by atoms with E-state index in [1.165, 1.54) is 12.1 Å². The Labute approximate surface area is 128 Å². The maximum Gasteiger partial charge on any atom is 0.244 e. The Bertz CT molecular complexity index is 851. The molecule has 0 aliphatic rings. The van der Waals surface area contributed by atoms with Crippen LogP contribution >= 0.6 is 0 Å². The quantitative estimate of drug-likeness (QED) is 0.777. The van der Waals surface area contributed by atoms with Crippen LogP contribution in [0.2, 0.25) is 0 Å². The van der Waals surface area contributed by atoms with Gasteiger partial charge in [0.2, 0.25) is 5.91 Å². The topological polar surface area (TPSA) is 34.0 Å². The fourth-order valence-electron chi connectivity index (χ4n) is 2.54. The van der Waals surface area contributed by atoms with Crippen LogP contribution in [0.1, 0.15) is 11.1 Å². The van der Waals surface area contributed by atoms with Gasteiger partial charge >= 0.3 is 0 Å². The number of anilines is 1. The smallest absolute Gasteiger partial charge is 0.244 e. The highest BCUT2D eigenvalue weighted by atomic mass is 19.1. The van der Waals surface area contributed by atoms with Gasteiger partial charge in [-0.1, -0.05) is 12.1 Å². The minimum absolute atomic E-state index is 0.101. The Morgan fingerprint density at radius 2 is 2.00 bits per heavy atom. The second kappa shape index (κ2) is 5.64. The summed E-state index contributed by atoms with van der Waals surface area (Å²) < 4.78 is 15.0. The van der Waals surface area contributed by atoms with Crippen molar-refractivity contribution in [3.8, 4) is 0 Å². The van der Waals surface area contributed by atoms with Gasteiger partial charge in [0, 0.05) is 22.8 Å². The van der Waals surface area contributed by atoms with E-state index < -0.39 is 0 Å². The van der Waals surface area contributed by atoms with Gasteiger partial charge in [-0.05, 0) is 55.3 Å². The van der Waals surface area contributed by atoms with Crippen molar-refractivity contribution in [1.82, 2.24) is 4.57 Å². The highest BCUT2D eigenvalue weighted by Gasteiger charge is 2.09. The molecule has 0 fully saturated rings. The third-order valence-electron chi connectivity index (χ3n) is 3.93. The van der Waals surface area contributed by atoms with Crippen LogP contribution in [-0.2, 0) is 11.3 Å². The summed E-state index contributed by atoms with van der Waals surface area (Å²) in [5.41, 5.74) is 3.87. The molecule has 0 saturated heterocycles. The largest absolute Gasteiger partial charge is 0.338 e. The van der Waals surface area contributed by atoms with E-state index in [2.05, 4.69) is 5.32 Å². The molecule has 1 amide bonds. The zero-order chi connectivity index (χ0) is 15.7. The number of aromatic nitrogens is 1. The summed E-state index contributed by atoms with van der Waals surface area (Å²) in [6.07, 6.45) is 1.80. The first-order valence-electron chi connectivity index (χ1n) is 7.15. The number of carbonyl (C=O) groups is 1. The highest BCUT2D eigenvalue weighted by Crippen LogP contribution is 2.19. The van der Waals surface area contributed by atoms with Gasteiger partial charge < -0.3 is 9.88 Å². The van der Waals surface area contributed by atoms with E-state index in [4.69, 9.17) is 0 Å². The van der Waals surface area contributed by atoms with E-state index in [-0.39, 0.29) is 18.3 Å². The van der Waals surface area contributed by atoms with Crippen molar-refractivity contribution in [3.63, 3.8) is 0 Å². The molecule has 0 bridgehead atoms. The van der Waals surface area contributed by atoms with Gasteiger partial charge in [-0.25, -0.2) is 4.39 Å². The van der Waals surface area contributed by atoms with Gasteiger partial charge in [0.15, 0.2) is 0 Å². The molecule has 0 spiro atoms. The van der Waals surface area contributed by atoms with Crippen LogP contribution in [0.25, 0.3) is 10.9 Å². The van der Waals surface area contributed by atoms with Crippen molar-refractivity contribution in [2.24, 2.45) is 0 Å². The molecule has 112 valence electrons. The molecule has 0 saturated carbocycles. The van der Waals surface area contributed by atoms with Crippen LogP contribution in [0.4, 0.5) is 10.1 Å². The monoisotopic (exact) mass is 296 g/mol. The first-order chi connectivity index (χ1) is 10.5. The number of nitrogens with one attached hydrogen (secondary N) is 1. The van der Waals surface area contributed by atoms with Crippen molar-refractivity contribution < 1.29 is 9.18 Å². The Morgan fingerprint density at radius 1 is 1.18 bits per heavy atom. The molecular formula is C18H17FN2O. The number of halogens is 1. The average molecular weight is 296 g/mol. The Morgan fingerprint density at radius 3 is 2.82 bits per heavy atom. The summed E-state index contributed by atoms with van der Waals surface area (Å²) in [7, 11) is 0. The number of rotatable bonds is 3. The fourth-order valence-corrected chi connectivity index (χ4v) is 2.54. The van der Waals surface area contributed by atoms with Crippen molar-refractivity contribution in [3.05, 3.63) is 65.6 Å². The number of amides is 1. The third kappa shape index (κ3) is 2.72. The minimum Gasteiger partial charge on any atom is -0.338 e. The molecular weight excluding hydrogens is 279 g/mol. The summed E-state index contributed by atoms with van der Waals surface area (Å²) >= 11 is 0. The van der Waals surface area contributed by atoms with Crippen LogP contribution < -0.4 is 5.32 Å². The third-order valence-corrected chi connectivity index (χ3v) is 3.93. The van der Waals surface area contributed by atoms with E-state index in [9.17, 15) is 9.18 Å². The lowest BCUT2D eigenvalue weighted by Gasteiger charge is -2.11. The van der Waals surface area contributed by atoms with Gasteiger partial charge in [0.05, 0.1) is 0 Å². The second-order valence-corrected chi connectivity index (χ2v) is 5.44. The summed E-state index contributed by atoms with van der Waals surface area (Å²) in [6, 6.07) is 12.2. The van der Waals surface area contributed by atoms with Gasteiger partial charge in [0.25, 0.3) is 0 Å². The summed E-state index contributed by atoms with van der Waals surface area (Å²) in [6.45, 7) is 4.19. The predicted molar refractivity (Wildman–Crippen MR) is 86.4 cm³/mol. The van der Waals surface area contributed by atoms with Crippen molar-refractivity contribution in [2.45, 2.75) is 20.4 Å². The lowest BCUT2D eigenvalue weighted by molar-refractivity contribution is -0.116. The molecule has 3 aromatic rings. The van der Waals surface area contributed by atoms with E-state index in [0.29, 0.717) is 0 Å². The molecule has 3 rings (SSSR count).